The van der Waals surface area contributed by atoms with Crippen molar-refractivity contribution in [2.75, 3.05) is 9.80 Å². The van der Waals surface area contributed by atoms with Gasteiger partial charge in [-0.15, -0.1) is 10.0 Å². The molecule has 0 bridgehead atoms. The van der Waals surface area contributed by atoms with Crippen LogP contribution in [-0.4, -0.2) is 0 Å². The Morgan fingerprint density at radius 1 is 0.250 bits per heavy atom. The van der Waals surface area contributed by atoms with E-state index in [1.807, 2.05) is 6.07 Å². The van der Waals surface area contributed by atoms with Crippen molar-refractivity contribution in [3.05, 3.63) is 303 Å². The zero-order valence-electron chi connectivity index (χ0n) is 41.6. The second-order valence-electron chi connectivity index (χ2n) is 19.3. The number of hydrogen-bond donors (Lipinski definition) is 0. The van der Waals surface area contributed by atoms with E-state index in [0.717, 1.165) is 67.2 Å². The molecule has 2 heterocycles. The second kappa shape index (κ2) is 19.0. The maximum atomic E-state index is 6.43. The summed E-state index contributed by atoms with van der Waals surface area (Å²) >= 11 is 0. The second-order valence-corrected chi connectivity index (χ2v) is 22.3. The lowest BCUT2D eigenvalue weighted by Crippen LogP contribution is -2.11. The fourth-order valence-corrected chi connectivity index (χ4v) is 15.6. The minimum absolute atomic E-state index is 0.866. The van der Waals surface area contributed by atoms with E-state index in [9.17, 15) is 0 Å². The van der Waals surface area contributed by atoms with Gasteiger partial charge in [0.05, 0.1) is 5.69 Å². The number of benzene rings is 12. The Hall–Kier alpha value is -9.61. The van der Waals surface area contributed by atoms with E-state index in [1.54, 1.807) is 0 Å². The fourth-order valence-electron chi connectivity index (χ4n) is 11.4. The summed E-state index contributed by atoms with van der Waals surface area (Å²) in [6, 6.07) is 111. The molecule has 0 saturated carbocycles. The average molecular weight is 991 g/mol. The van der Waals surface area contributed by atoms with Crippen LogP contribution in [0.2, 0.25) is 0 Å². The number of anilines is 6. The van der Waals surface area contributed by atoms with Gasteiger partial charge in [-0.1, -0.05) is 194 Å². The molecule has 0 radical (unpaired) electrons. The molecule has 3 nitrogen and oxygen atoms in total. The van der Waals surface area contributed by atoms with E-state index in [1.165, 1.54) is 53.0 Å². The van der Waals surface area contributed by atoms with Gasteiger partial charge in [0.25, 0.3) is 0 Å². The molecule has 0 atom stereocenters. The Kier molecular flexibility index (Phi) is 11.3. The number of fused-ring (bicyclic) bond motifs is 6. The lowest BCUT2D eigenvalue weighted by Gasteiger charge is -2.40. The molecule has 360 valence electrons. The lowest BCUT2D eigenvalue weighted by atomic mass is 10.00. The first-order valence-electron chi connectivity index (χ1n) is 25.9. The van der Waals surface area contributed by atoms with Gasteiger partial charge >= 0.3 is 0 Å². The SMILES string of the molecule is c1ccc(-c2ccc(S3(c4ccc(-c5ccccc5)cc4)c4ccc(N(c5ccc6oc7ccccc7c6c5)c5ccccc5-c5ccccc5)cc4-c4ccc(N(c5ccccc5)c5ccccc5)cc43)cc2)cc1. The smallest absolute Gasteiger partial charge is 0.135 e. The van der Waals surface area contributed by atoms with E-state index in [0.29, 0.717) is 0 Å². The Morgan fingerprint density at radius 2 is 0.711 bits per heavy atom. The van der Waals surface area contributed by atoms with Gasteiger partial charge < -0.3 is 14.2 Å². The number of para-hydroxylation sites is 4. The zero-order chi connectivity index (χ0) is 50.4. The molecule has 0 amide bonds. The lowest BCUT2D eigenvalue weighted by molar-refractivity contribution is 0.669. The average Bonchev–Trinajstić information content (AvgIpc) is 4.21. The summed E-state index contributed by atoms with van der Waals surface area (Å²) in [5.41, 5.74) is 17.8. The third-order valence-electron chi connectivity index (χ3n) is 14.9. The highest BCUT2D eigenvalue weighted by Gasteiger charge is 2.43. The van der Waals surface area contributed by atoms with Crippen molar-refractivity contribution in [2.45, 2.75) is 19.6 Å². The molecule has 1 aromatic heterocycles. The van der Waals surface area contributed by atoms with Gasteiger partial charge in [0.1, 0.15) is 11.2 Å². The molecule has 14 rings (SSSR count). The molecular weight excluding hydrogens is 941 g/mol. The van der Waals surface area contributed by atoms with Crippen LogP contribution < -0.4 is 9.80 Å². The zero-order valence-corrected chi connectivity index (χ0v) is 42.4. The molecule has 0 N–H and O–H groups in total. The highest BCUT2D eigenvalue weighted by molar-refractivity contribution is 8.34. The molecule has 13 aromatic rings. The third kappa shape index (κ3) is 7.69. The van der Waals surface area contributed by atoms with Crippen LogP contribution in [0.15, 0.2) is 327 Å². The Labute approximate surface area is 445 Å². The summed E-state index contributed by atoms with van der Waals surface area (Å²) in [7, 11) is -2.18. The van der Waals surface area contributed by atoms with E-state index in [2.05, 4.69) is 307 Å². The Morgan fingerprint density at radius 3 is 1.33 bits per heavy atom. The van der Waals surface area contributed by atoms with Crippen LogP contribution in [-0.2, 0) is 0 Å². The van der Waals surface area contributed by atoms with Gasteiger partial charge in [-0.3, -0.25) is 0 Å². The first-order chi connectivity index (χ1) is 37.7. The predicted molar refractivity (Wildman–Crippen MR) is 318 cm³/mol. The Bertz CT molecular complexity index is 4080. The molecule has 0 saturated heterocycles. The minimum Gasteiger partial charge on any atom is -0.456 e. The maximum Gasteiger partial charge on any atom is 0.135 e. The number of hydrogen-bond acceptors (Lipinski definition) is 3. The molecular formula is C72H50N2OS. The van der Waals surface area contributed by atoms with Gasteiger partial charge in [0, 0.05) is 64.4 Å². The first-order valence-corrected chi connectivity index (χ1v) is 27.5. The summed E-state index contributed by atoms with van der Waals surface area (Å²) in [4.78, 5) is 10.0. The van der Waals surface area contributed by atoms with Gasteiger partial charge in [-0.25, -0.2) is 0 Å². The number of nitrogens with zero attached hydrogens (tertiary/aromatic N) is 2. The third-order valence-corrected chi connectivity index (χ3v) is 18.9. The molecule has 12 aromatic carbocycles. The molecule has 0 aliphatic carbocycles. The van der Waals surface area contributed by atoms with Crippen molar-refractivity contribution in [3.63, 3.8) is 0 Å². The van der Waals surface area contributed by atoms with Crippen molar-refractivity contribution in [1.82, 2.24) is 0 Å². The van der Waals surface area contributed by atoms with Crippen LogP contribution in [0.25, 0.3) is 66.4 Å². The molecule has 1 aliphatic rings. The number of furan rings is 1. The van der Waals surface area contributed by atoms with Crippen LogP contribution in [0.1, 0.15) is 0 Å². The molecule has 0 fully saturated rings. The quantitative estimate of drug-likeness (QED) is 0.129. The van der Waals surface area contributed by atoms with Crippen molar-refractivity contribution in [1.29, 1.82) is 0 Å². The normalized spacial score (nSPS) is 12.7. The predicted octanol–water partition coefficient (Wildman–Crippen LogP) is 20.8. The minimum atomic E-state index is -2.18. The van der Waals surface area contributed by atoms with Crippen LogP contribution in [0, 0.1) is 0 Å². The van der Waals surface area contributed by atoms with E-state index >= 15 is 0 Å². The first kappa shape index (κ1) is 45.0. The van der Waals surface area contributed by atoms with E-state index in [4.69, 9.17) is 4.42 Å². The molecule has 1 aliphatic heterocycles. The van der Waals surface area contributed by atoms with Crippen molar-refractivity contribution in [2.24, 2.45) is 0 Å². The monoisotopic (exact) mass is 990 g/mol. The van der Waals surface area contributed by atoms with E-state index in [-0.39, 0.29) is 0 Å². The van der Waals surface area contributed by atoms with Crippen molar-refractivity contribution < 1.29 is 4.42 Å². The molecule has 0 spiro atoms. The fraction of sp³-hybridized carbons (Fsp3) is 0. The summed E-state index contributed by atoms with van der Waals surface area (Å²) in [5, 5.41) is 2.18. The van der Waals surface area contributed by atoms with Crippen molar-refractivity contribution >= 4 is 66.1 Å². The topological polar surface area (TPSA) is 19.6 Å². The highest BCUT2D eigenvalue weighted by atomic mass is 32.3. The molecule has 4 heteroatoms. The van der Waals surface area contributed by atoms with Crippen molar-refractivity contribution in [3.8, 4) is 44.5 Å². The van der Waals surface area contributed by atoms with Crippen LogP contribution in [0.5, 0.6) is 0 Å². The highest BCUT2D eigenvalue weighted by Crippen LogP contribution is 2.80. The van der Waals surface area contributed by atoms with Gasteiger partial charge in [-0.05, 0) is 148 Å². The summed E-state index contributed by atoms with van der Waals surface area (Å²) in [6.45, 7) is 0. The summed E-state index contributed by atoms with van der Waals surface area (Å²) < 4.78 is 6.43. The maximum absolute atomic E-state index is 6.43. The number of rotatable bonds is 11. The van der Waals surface area contributed by atoms with Gasteiger partial charge in [0.15, 0.2) is 0 Å². The molecule has 76 heavy (non-hydrogen) atoms. The summed E-state index contributed by atoms with van der Waals surface area (Å²) in [6.07, 6.45) is 0. The Balaban J connectivity index is 1.05. The van der Waals surface area contributed by atoms with E-state index < -0.39 is 10.0 Å². The van der Waals surface area contributed by atoms with Gasteiger partial charge in [-0.2, -0.15) is 0 Å². The molecule has 0 unspecified atom stereocenters. The van der Waals surface area contributed by atoms with Crippen LogP contribution >= 0.6 is 10.0 Å². The van der Waals surface area contributed by atoms with Crippen LogP contribution in [0.4, 0.5) is 34.1 Å². The van der Waals surface area contributed by atoms with Crippen LogP contribution in [0.3, 0.4) is 0 Å². The largest absolute Gasteiger partial charge is 0.456 e. The standard InChI is InChI=1S/C72H50N2OS/c1-6-20-51(21-7-1)53-34-41-61(42-35-53)76(62-43-36-54(37-44-62)52-22-8-2-9-23-52)71-47-40-59(49-67(71)65-45-38-60(50-72(65)76)73(56-26-12-4-13-27-56)57-28-14-5-15-29-57)74(68-32-18-16-30-63(68)55-24-10-3-11-25-55)58-39-46-70-66(48-58)64-31-17-19-33-69(64)75-70/h1-50H. The summed E-state index contributed by atoms with van der Waals surface area (Å²) in [5.74, 6) is 0. The van der Waals surface area contributed by atoms with Gasteiger partial charge in [0.2, 0.25) is 0 Å².